The lowest BCUT2D eigenvalue weighted by atomic mass is 10.1. The number of allylic oxidation sites excluding steroid dienone is 24. The van der Waals surface area contributed by atoms with E-state index in [-0.39, 0.29) is 37.5 Å². The number of carbonyl (C=O) groups excluding carboxylic acids is 3. The Morgan fingerprint density at radius 3 is 1.03 bits per heavy atom. The minimum atomic E-state index is -0.833. The summed E-state index contributed by atoms with van der Waals surface area (Å²) in [5, 5.41) is 0. The topological polar surface area (TPSA) is 78.9 Å². The van der Waals surface area contributed by atoms with E-state index in [0.717, 1.165) is 135 Å². The molecule has 69 heavy (non-hydrogen) atoms. The molecule has 0 fully saturated rings. The fourth-order valence-corrected chi connectivity index (χ4v) is 6.79. The van der Waals surface area contributed by atoms with E-state index in [9.17, 15) is 14.4 Å². The van der Waals surface area contributed by atoms with Crippen LogP contribution in [0.1, 0.15) is 213 Å². The summed E-state index contributed by atoms with van der Waals surface area (Å²) in [6.07, 6.45) is 79.8. The van der Waals surface area contributed by atoms with Crippen LogP contribution in [0, 0.1) is 0 Å². The summed E-state index contributed by atoms with van der Waals surface area (Å²) in [6, 6.07) is 0. The zero-order valence-corrected chi connectivity index (χ0v) is 44.0. The van der Waals surface area contributed by atoms with E-state index in [1.165, 1.54) is 32.1 Å². The lowest BCUT2D eigenvalue weighted by molar-refractivity contribution is -0.167. The standard InChI is InChI=1S/C63H98O6/c1-4-7-10-13-16-19-22-25-28-30-31-33-35-38-41-44-47-50-53-56-62(65)68-59-60(58-67-61(64)55-52-49-46-43-40-37-34-27-24-21-18-15-12-9-6-3)69-63(66)57-54-51-48-45-42-39-36-32-29-26-23-20-17-14-11-8-5-2/h7-8,10-11,16-21,24-29,31,33,36,38-39,41,45,48,60H,4-6,9,12-15,22-23,30,32,34-35,37,40,42-44,46-47,49-59H2,1-3H3/b10-7-,11-8-,19-16-,20-17-,21-18-,27-24-,28-25-,29-26-,33-31-,39-36-,41-38-,48-45-. The van der Waals surface area contributed by atoms with Gasteiger partial charge >= 0.3 is 17.9 Å². The average Bonchev–Trinajstić information content (AvgIpc) is 3.35. The Hall–Kier alpha value is -4.71. The normalized spacial score (nSPS) is 13.3. The van der Waals surface area contributed by atoms with Gasteiger partial charge in [-0.2, -0.15) is 0 Å². The van der Waals surface area contributed by atoms with E-state index >= 15 is 0 Å². The Morgan fingerprint density at radius 1 is 0.319 bits per heavy atom. The molecule has 0 N–H and O–H groups in total. The van der Waals surface area contributed by atoms with Crippen molar-refractivity contribution in [3.63, 3.8) is 0 Å². The quantitative estimate of drug-likeness (QED) is 0.0199. The van der Waals surface area contributed by atoms with Gasteiger partial charge in [0.1, 0.15) is 13.2 Å². The smallest absolute Gasteiger partial charge is 0.306 e. The molecular formula is C63H98O6. The van der Waals surface area contributed by atoms with Crippen molar-refractivity contribution in [2.75, 3.05) is 13.2 Å². The van der Waals surface area contributed by atoms with Gasteiger partial charge in [0.15, 0.2) is 6.10 Å². The van der Waals surface area contributed by atoms with Crippen LogP contribution in [0.3, 0.4) is 0 Å². The summed E-state index contributed by atoms with van der Waals surface area (Å²) in [5.41, 5.74) is 0. The first-order valence-corrected chi connectivity index (χ1v) is 27.4. The maximum atomic E-state index is 12.8. The Balaban J connectivity index is 4.59. The Bertz CT molecular complexity index is 1560. The number of carbonyl (C=O) groups is 3. The Kier molecular flexibility index (Phi) is 52.1. The summed E-state index contributed by atoms with van der Waals surface area (Å²) in [4.78, 5) is 38.1. The maximum Gasteiger partial charge on any atom is 0.306 e. The molecule has 0 heterocycles. The summed E-state index contributed by atoms with van der Waals surface area (Å²) in [7, 11) is 0. The van der Waals surface area contributed by atoms with E-state index in [2.05, 4.69) is 167 Å². The van der Waals surface area contributed by atoms with Gasteiger partial charge in [0.05, 0.1) is 0 Å². The van der Waals surface area contributed by atoms with Gasteiger partial charge in [0.2, 0.25) is 0 Å². The third kappa shape index (κ3) is 54.1. The van der Waals surface area contributed by atoms with Crippen LogP contribution >= 0.6 is 0 Å². The SMILES string of the molecule is CC/C=C\C/C=C\C/C=C\C/C=C\C/C=C\CCCCCC(=O)OCC(COC(=O)CCCCCCCC/C=C\C=C/CCCCC)OC(=O)CCC/C=C\C/C=C\C/C=C\C/C=C\C/C=C\CC. The van der Waals surface area contributed by atoms with Crippen molar-refractivity contribution in [3.05, 3.63) is 146 Å². The molecule has 0 spiro atoms. The third-order valence-electron chi connectivity index (χ3n) is 10.8. The van der Waals surface area contributed by atoms with Gasteiger partial charge in [-0.3, -0.25) is 14.4 Å². The van der Waals surface area contributed by atoms with Crippen LogP contribution in [0.4, 0.5) is 0 Å². The molecule has 0 radical (unpaired) electrons. The van der Waals surface area contributed by atoms with Crippen molar-refractivity contribution in [2.24, 2.45) is 0 Å². The number of hydrogen-bond donors (Lipinski definition) is 0. The van der Waals surface area contributed by atoms with E-state index in [0.29, 0.717) is 19.3 Å². The molecule has 0 saturated heterocycles. The summed E-state index contributed by atoms with van der Waals surface area (Å²) in [6.45, 7) is 6.28. The highest BCUT2D eigenvalue weighted by molar-refractivity contribution is 5.71. The average molecular weight is 951 g/mol. The fourth-order valence-electron chi connectivity index (χ4n) is 6.79. The zero-order chi connectivity index (χ0) is 50.0. The van der Waals surface area contributed by atoms with Gasteiger partial charge < -0.3 is 14.2 Å². The molecule has 0 aliphatic rings. The zero-order valence-electron chi connectivity index (χ0n) is 44.0. The van der Waals surface area contributed by atoms with E-state index in [1.54, 1.807) is 0 Å². The first kappa shape index (κ1) is 64.3. The van der Waals surface area contributed by atoms with Gasteiger partial charge in [-0.25, -0.2) is 0 Å². The monoisotopic (exact) mass is 951 g/mol. The highest BCUT2D eigenvalue weighted by Crippen LogP contribution is 2.12. The van der Waals surface area contributed by atoms with Crippen LogP contribution in [0.2, 0.25) is 0 Å². The molecule has 0 bridgehead atoms. The van der Waals surface area contributed by atoms with Crippen molar-refractivity contribution >= 4 is 17.9 Å². The third-order valence-corrected chi connectivity index (χ3v) is 10.8. The number of ether oxygens (including phenoxy) is 3. The molecule has 0 amide bonds. The molecule has 6 nitrogen and oxygen atoms in total. The molecule has 0 aliphatic carbocycles. The molecule has 1 unspecified atom stereocenters. The van der Waals surface area contributed by atoms with Crippen LogP contribution in [-0.4, -0.2) is 37.2 Å². The molecule has 6 heteroatoms. The maximum absolute atomic E-state index is 12.8. The van der Waals surface area contributed by atoms with Gasteiger partial charge in [-0.15, -0.1) is 0 Å². The second-order valence-electron chi connectivity index (χ2n) is 17.4. The first-order valence-electron chi connectivity index (χ1n) is 27.4. The molecule has 0 aromatic heterocycles. The second-order valence-corrected chi connectivity index (χ2v) is 17.4. The molecule has 0 aromatic carbocycles. The van der Waals surface area contributed by atoms with Gasteiger partial charge in [0.25, 0.3) is 0 Å². The molecule has 386 valence electrons. The number of unbranched alkanes of at least 4 members (excludes halogenated alkanes) is 13. The lowest BCUT2D eigenvalue weighted by Crippen LogP contribution is -2.30. The Morgan fingerprint density at radius 2 is 0.623 bits per heavy atom. The van der Waals surface area contributed by atoms with Crippen molar-refractivity contribution in [1.82, 2.24) is 0 Å². The minimum absolute atomic E-state index is 0.124. The highest BCUT2D eigenvalue weighted by Gasteiger charge is 2.19. The minimum Gasteiger partial charge on any atom is -0.462 e. The highest BCUT2D eigenvalue weighted by atomic mass is 16.6. The largest absolute Gasteiger partial charge is 0.462 e. The van der Waals surface area contributed by atoms with Crippen molar-refractivity contribution in [3.8, 4) is 0 Å². The summed E-state index contributed by atoms with van der Waals surface area (Å²) < 4.78 is 16.7. The molecule has 0 aromatic rings. The van der Waals surface area contributed by atoms with Gasteiger partial charge in [0, 0.05) is 19.3 Å². The van der Waals surface area contributed by atoms with Crippen LogP contribution in [-0.2, 0) is 28.6 Å². The number of hydrogen-bond acceptors (Lipinski definition) is 6. The lowest BCUT2D eigenvalue weighted by Gasteiger charge is -2.18. The predicted molar refractivity (Wildman–Crippen MR) is 297 cm³/mol. The Labute approximate surface area is 423 Å². The molecule has 1 atom stereocenters. The van der Waals surface area contributed by atoms with E-state index in [1.807, 2.05) is 0 Å². The summed E-state index contributed by atoms with van der Waals surface area (Å²) in [5.74, 6) is -1.04. The van der Waals surface area contributed by atoms with Gasteiger partial charge in [-0.1, -0.05) is 212 Å². The predicted octanol–water partition coefficient (Wildman–Crippen LogP) is 18.4. The number of rotatable bonds is 47. The molecule has 0 saturated carbocycles. The van der Waals surface area contributed by atoms with Crippen LogP contribution < -0.4 is 0 Å². The van der Waals surface area contributed by atoms with E-state index in [4.69, 9.17) is 14.2 Å². The van der Waals surface area contributed by atoms with Crippen molar-refractivity contribution in [2.45, 2.75) is 219 Å². The second kappa shape index (κ2) is 55.9. The molecule has 0 rings (SSSR count). The molecular weight excluding hydrogens is 853 g/mol. The van der Waals surface area contributed by atoms with Gasteiger partial charge in [-0.05, 0) is 128 Å². The molecule has 0 aliphatic heterocycles. The van der Waals surface area contributed by atoms with Crippen LogP contribution in [0.15, 0.2) is 146 Å². The summed E-state index contributed by atoms with van der Waals surface area (Å²) >= 11 is 0. The number of esters is 3. The fraction of sp³-hybridized carbons (Fsp3) is 0.571. The van der Waals surface area contributed by atoms with E-state index < -0.39 is 6.10 Å². The van der Waals surface area contributed by atoms with Crippen LogP contribution in [0.5, 0.6) is 0 Å². The van der Waals surface area contributed by atoms with Crippen molar-refractivity contribution in [1.29, 1.82) is 0 Å². The van der Waals surface area contributed by atoms with Crippen molar-refractivity contribution < 1.29 is 28.6 Å². The first-order chi connectivity index (χ1) is 34.0. The van der Waals surface area contributed by atoms with Crippen LogP contribution in [0.25, 0.3) is 0 Å².